The van der Waals surface area contributed by atoms with Crippen LogP contribution in [0.15, 0.2) is 34.7 Å². The van der Waals surface area contributed by atoms with E-state index in [1.165, 1.54) is 5.56 Å². The van der Waals surface area contributed by atoms with Crippen molar-refractivity contribution in [1.29, 1.82) is 0 Å². The second-order valence-electron chi connectivity index (χ2n) is 3.73. The highest BCUT2D eigenvalue weighted by Crippen LogP contribution is 2.11. The summed E-state index contributed by atoms with van der Waals surface area (Å²) >= 11 is 0. The molecule has 0 bridgehead atoms. The topological polar surface area (TPSA) is 51.0 Å². The van der Waals surface area contributed by atoms with Crippen molar-refractivity contribution in [2.24, 2.45) is 0 Å². The van der Waals surface area contributed by atoms with Crippen LogP contribution in [0.2, 0.25) is 0 Å². The van der Waals surface area contributed by atoms with Crippen molar-refractivity contribution in [3.05, 3.63) is 47.7 Å². The zero-order valence-electron chi connectivity index (χ0n) is 9.47. The molecule has 0 saturated heterocycles. The molecule has 0 unspecified atom stereocenters. The molecule has 0 aliphatic rings. The smallest absolute Gasteiger partial charge is 0.230 e. The molecule has 1 aromatic carbocycles. The molecule has 16 heavy (non-hydrogen) atoms. The van der Waals surface area contributed by atoms with E-state index in [2.05, 4.69) is 34.6 Å². The predicted molar refractivity (Wildman–Crippen MR) is 60.7 cm³/mol. The molecule has 0 saturated carbocycles. The Labute approximate surface area is 94.7 Å². The highest BCUT2D eigenvalue weighted by atomic mass is 16.4. The third-order valence-corrected chi connectivity index (χ3v) is 2.43. The van der Waals surface area contributed by atoms with Gasteiger partial charge >= 0.3 is 0 Å². The number of nitrogens with zero attached hydrogens (tertiary/aromatic N) is 2. The van der Waals surface area contributed by atoms with Crippen molar-refractivity contribution in [3.8, 4) is 0 Å². The van der Waals surface area contributed by atoms with E-state index in [0.29, 0.717) is 18.3 Å². The summed E-state index contributed by atoms with van der Waals surface area (Å²) in [7, 11) is 0. The van der Waals surface area contributed by atoms with E-state index in [-0.39, 0.29) is 6.04 Å². The fourth-order valence-corrected chi connectivity index (χ4v) is 1.51. The normalized spacial score (nSPS) is 12.6. The molecule has 0 radical (unpaired) electrons. The minimum atomic E-state index is 0.272. The van der Waals surface area contributed by atoms with Gasteiger partial charge in [0.1, 0.15) is 0 Å². The third kappa shape index (κ3) is 2.67. The zero-order valence-corrected chi connectivity index (χ0v) is 9.47. The van der Waals surface area contributed by atoms with Crippen LogP contribution in [0.25, 0.3) is 0 Å². The third-order valence-electron chi connectivity index (χ3n) is 2.43. The summed E-state index contributed by atoms with van der Waals surface area (Å²) in [6, 6.07) is 10.5. The van der Waals surface area contributed by atoms with Gasteiger partial charge in [-0.15, -0.1) is 10.2 Å². The van der Waals surface area contributed by atoms with Crippen molar-refractivity contribution >= 4 is 0 Å². The number of aromatic nitrogens is 2. The lowest BCUT2D eigenvalue weighted by atomic mass is 10.1. The number of nitrogens with one attached hydrogen (secondary N) is 1. The largest absolute Gasteiger partial charge is 0.424 e. The fraction of sp³-hybridized carbons (Fsp3) is 0.333. The van der Waals surface area contributed by atoms with Gasteiger partial charge in [-0.2, -0.15) is 0 Å². The maximum atomic E-state index is 5.29. The lowest BCUT2D eigenvalue weighted by molar-refractivity contribution is 0.430. The van der Waals surface area contributed by atoms with E-state index in [1.54, 1.807) is 6.92 Å². The average molecular weight is 217 g/mol. The lowest BCUT2D eigenvalue weighted by Crippen LogP contribution is -2.18. The molecule has 4 heteroatoms. The first-order valence-corrected chi connectivity index (χ1v) is 5.33. The van der Waals surface area contributed by atoms with Crippen LogP contribution in [0.5, 0.6) is 0 Å². The lowest BCUT2D eigenvalue weighted by Gasteiger charge is -2.12. The SMILES string of the molecule is Cc1nnc(CN[C@H](C)c2ccccc2)o1. The van der Waals surface area contributed by atoms with Crippen LogP contribution in [0.4, 0.5) is 0 Å². The Hall–Kier alpha value is -1.68. The molecule has 2 rings (SSSR count). The Morgan fingerprint density at radius 2 is 2.00 bits per heavy atom. The van der Waals surface area contributed by atoms with Gasteiger partial charge in [0, 0.05) is 13.0 Å². The molecule has 0 amide bonds. The maximum absolute atomic E-state index is 5.29. The minimum absolute atomic E-state index is 0.272. The summed E-state index contributed by atoms with van der Waals surface area (Å²) in [5.41, 5.74) is 1.25. The Bertz CT molecular complexity index is 439. The molecule has 4 nitrogen and oxygen atoms in total. The average Bonchev–Trinajstić information content (AvgIpc) is 2.73. The quantitative estimate of drug-likeness (QED) is 0.853. The highest BCUT2D eigenvalue weighted by Gasteiger charge is 2.06. The number of aryl methyl sites for hydroxylation is 1. The van der Waals surface area contributed by atoms with Gasteiger partial charge in [0.25, 0.3) is 0 Å². The van der Waals surface area contributed by atoms with Crippen LogP contribution in [-0.4, -0.2) is 10.2 Å². The van der Waals surface area contributed by atoms with Crippen LogP contribution in [0.1, 0.15) is 30.3 Å². The molecule has 0 spiro atoms. The number of benzene rings is 1. The van der Waals surface area contributed by atoms with Crippen molar-refractivity contribution in [2.45, 2.75) is 26.4 Å². The second-order valence-corrected chi connectivity index (χ2v) is 3.73. The first-order chi connectivity index (χ1) is 7.75. The second kappa shape index (κ2) is 4.90. The Morgan fingerprint density at radius 3 is 2.62 bits per heavy atom. The molecule has 2 aromatic rings. The summed E-state index contributed by atoms with van der Waals surface area (Å²) in [6.07, 6.45) is 0. The number of hydrogen-bond acceptors (Lipinski definition) is 4. The maximum Gasteiger partial charge on any atom is 0.230 e. The highest BCUT2D eigenvalue weighted by molar-refractivity contribution is 5.17. The van der Waals surface area contributed by atoms with Gasteiger partial charge in [-0.05, 0) is 12.5 Å². The monoisotopic (exact) mass is 217 g/mol. The van der Waals surface area contributed by atoms with Gasteiger partial charge in [-0.25, -0.2) is 0 Å². The predicted octanol–water partition coefficient (Wildman–Crippen LogP) is 2.23. The van der Waals surface area contributed by atoms with Crippen LogP contribution >= 0.6 is 0 Å². The van der Waals surface area contributed by atoms with Gasteiger partial charge in [-0.1, -0.05) is 30.3 Å². The summed E-state index contributed by atoms with van der Waals surface area (Å²) in [5.74, 6) is 1.23. The molecule has 1 aromatic heterocycles. The summed E-state index contributed by atoms with van der Waals surface area (Å²) in [5, 5.41) is 11.0. The summed E-state index contributed by atoms with van der Waals surface area (Å²) in [4.78, 5) is 0. The van der Waals surface area contributed by atoms with Gasteiger partial charge in [0.05, 0.1) is 6.54 Å². The van der Waals surface area contributed by atoms with E-state index in [4.69, 9.17) is 4.42 Å². The number of hydrogen-bond donors (Lipinski definition) is 1. The van der Waals surface area contributed by atoms with E-state index in [0.717, 1.165) is 0 Å². The molecule has 0 aliphatic carbocycles. The first-order valence-electron chi connectivity index (χ1n) is 5.33. The molecule has 1 heterocycles. The van der Waals surface area contributed by atoms with Gasteiger partial charge in [0.2, 0.25) is 11.8 Å². The number of rotatable bonds is 4. The van der Waals surface area contributed by atoms with Gasteiger partial charge < -0.3 is 9.73 Å². The first kappa shape index (κ1) is 10.8. The fourth-order valence-electron chi connectivity index (χ4n) is 1.51. The van der Waals surface area contributed by atoms with E-state index >= 15 is 0 Å². The summed E-state index contributed by atoms with van der Waals surface area (Å²) in [6.45, 7) is 4.49. The van der Waals surface area contributed by atoms with Gasteiger partial charge in [-0.3, -0.25) is 0 Å². The zero-order chi connectivity index (χ0) is 11.4. The minimum Gasteiger partial charge on any atom is -0.424 e. The Balaban J connectivity index is 1.91. The van der Waals surface area contributed by atoms with E-state index in [1.807, 2.05) is 18.2 Å². The molecule has 1 N–H and O–H groups in total. The van der Waals surface area contributed by atoms with Crippen molar-refractivity contribution in [1.82, 2.24) is 15.5 Å². The molecular formula is C12H15N3O. The molecule has 0 aliphatic heterocycles. The molecular weight excluding hydrogens is 202 g/mol. The molecule has 1 atom stereocenters. The van der Waals surface area contributed by atoms with Gasteiger partial charge in [0.15, 0.2) is 0 Å². The van der Waals surface area contributed by atoms with Crippen LogP contribution in [0.3, 0.4) is 0 Å². The van der Waals surface area contributed by atoms with Crippen molar-refractivity contribution in [2.75, 3.05) is 0 Å². The van der Waals surface area contributed by atoms with E-state index < -0.39 is 0 Å². The van der Waals surface area contributed by atoms with Crippen molar-refractivity contribution < 1.29 is 4.42 Å². The standard InChI is InChI=1S/C12H15N3O/c1-9(11-6-4-3-5-7-11)13-8-12-15-14-10(2)16-12/h3-7,9,13H,8H2,1-2H3/t9-/m1/s1. The van der Waals surface area contributed by atoms with Crippen LogP contribution in [-0.2, 0) is 6.54 Å². The van der Waals surface area contributed by atoms with Crippen LogP contribution in [0, 0.1) is 6.92 Å². The summed E-state index contributed by atoms with van der Waals surface area (Å²) < 4.78 is 5.29. The molecule has 84 valence electrons. The van der Waals surface area contributed by atoms with Crippen molar-refractivity contribution in [3.63, 3.8) is 0 Å². The Kier molecular flexibility index (Phi) is 3.31. The Morgan fingerprint density at radius 1 is 1.25 bits per heavy atom. The van der Waals surface area contributed by atoms with Crippen LogP contribution < -0.4 is 5.32 Å². The molecule has 0 fully saturated rings. The van der Waals surface area contributed by atoms with E-state index in [9.17, 15) is 0 Å².